The predicted molar refractivity (Wildman–Crippen MR) is 67.7 cm³/mol. The Morgan fingerprint density at radius 3 is 2.50 bits per heavy atom. The van der Waals surface area contributed by atoms with Gasteiger partial charge in [0.2, 0.25) is 0 Å². The number of hydrogen-bond donors (Lipinski definition) is 1. The highest BCUT2D eigenvalue weighted by atomic mass is 32.1. The first kappa shape index (κ1) is 14.8. The highest BCUT2D eigenvalue weighted by Gasteiger charge is 2.42. The van der Waals surface area contributed by atoms with Crippen LogP contribution in [0.4, 0.5) is 13.2 Å². The summed E-state index contributed by atoms with van der Waals surface area (Å²) in [5.41, 5.74) is 6.77. The molecule has 100 valence electrons. The smallest absolute Gasteiger partial charge is 0.401 e. The summed E-state index contributed by atoms with van der Waals surface area (Å²) in [7, 11) is 0. The van der Waals surface area contributed by atoms with Gasteiger partial charge in [0.15, 0.2) is 0 Å². The van der Waals surface area contributed by atoms with Gasteiger partial charge in [0.1, 0.15) is 18.3 Å². The van der Waals surface area contributed by atoms with Gasteiger partial charge in [-0.25, -0.2) is 0 Å². The van der Waals surface area contributed by atoms with E-state index in [0.717, 1.165) is 11.1 Å². The van der Waals surface area contributed by atoms with Crippen LogP contribution in [0, 0.1) is 19.8 Å². The first-order chi connectivity index (χ1) is 8.21. The van der Waals surface area contributed by atoms with Crippen LogP contribution >= 0.6 is 12.2 Å². The zero-order valence-corrected chi connectivity index (χ0v) is 10.9. The molecule has 18 heavy (non-hydrogen) atoms. The number of nitrogens with two attached hydrogens (primary N) is 1. The SMILES string of the molecule is Cc1ccc(C)c(OCC(C(N)=S)C(F)(F)F)c1. The normalized spacial score (nSPS) is 13.2. The molecule has 1 aromatic carbocycles. The fourth-order valence-corrected chi connectivity index (χ4v) is 1.58. The molecule has 0 fully saturated rings. The van der Waals surface area contributed by atoms with Gasteiger partial charge in [-0.3, -0.25) is 0 Å². The van der Waals surface area contributed by atoms with Gasteiger partial charge in [-0.1, -0.05) is 24.4 Å². The van der Waals surface area contributed by atoms with Crippen LogP contribution in [0.3, 0.4) is 0 Å². The Labute approximate surface area is 109 Å². The number of rotatable bonds is 4. The van der Waals surface area contributed by atoms with Crippen molar-refractivity contribution in [2.75, 3.05) is 6.61 Å². The quantitative estimate of drug-likeness (QED) is 0.859. The van der Waals surface area contributed by atoms with Crippen molar-refractivity contribution in [1.82, 2.24) is 0 Å². The van der Waals surface area contributed by atoms with Gasteiger partial charge in [-0.05, 0) is 31.0 Å². The molecular weight excluding hydrogens is 263 g/mol. The lowest BCUT2D eigenvalue weighted by Gasteiger charge is -2.20. The Hall–Kier alpha value is -1.30. The fourth-order valence-electron chi connectivity index (χ4n) is 1.37. The molecular formula is C12H14F3NOS. The minimum absolute atomic E-state index is 0.417. The van der Waals surface area contributed by atoms with Gasteiger partial charge in [-0.2, -0.15) is 13.2 Å². The average Bonchev–Trinajstić information content (AvgIpc) is 2.20. The van der Waals surface area contributed by atoms with Crippen LogP contribution in [0.15, 0.2) is 18.2 Å². The third-order valence-corrected chi connectivity index (χ3v) is 2.77. The molecule has 2 nitrogen and oxygen atoms in total. The number of halogens is 3. The van der Waals surface area contributed by atoms with Crippen LogP contribution in [-0.2, 0) is 0 Å². The number of alkyl halides is 3. The lowest BCUT2D eigenvalue weighted by Crippen LogP contribution is -2.38. The Balaban J connectivity index is 2.79. The highest BCUT2D eigenvalue weighted by molar-refractivity contribution is 7.80. The first-order valence-corrected chi connectivity index (χ1v) is 5.68. The van der Waals surface area contributed by atoms with Crippen molar-refractivity contribution in [3.63, 3.8) is 0 Å². The van der Waals surface area contributed by atoms with E-state index in [1.54, 1.807) is 19.1 Å². The predicted octanol–water partition coefficient (Wildman–Crippen LogP) is 3.15. The maximum Gasteiger partial charge on any atom is 0.401 e. The molecule has 1 atom stereocenters. The minimum atomic E-state index is -4.48. The largest absolute Gasteiger partial charge is 0.492 e. The molecule has 0 saturated heterocycles. The van der Waals surface area contributed by atoms with Crippen molar-refractivity contribution < 1.29 is 17.9 Å². The van der Waals surface area contributed by atoms with Crippen molar-refractivity contribution in [1.29, 1.82) is 0 Å². The van der Waals surface area contributed by atoms with E-state index in [1.165, 1.54) is 0 Å². The summed E-state index contributed by atoms with van der Waals surface area (Å²) in [6.07, 6.45) is -4.48. The summed E-state index contributed by atoms with van der Waals surface area (Å²) in [5, 5.41) is 0. The molecule has 1 aromatic rings. The van der Waals surface area contributed by atoms with Crippen LogP contribution in [0.25, 0.3) is 0 Å². The summed E-state index contributed by atoms with van der Waals surface area (Å²) >= 11 is 4.42. The van der Waals surface area contributed by atoms with Crippen molar-refractivity contribution >= 4 is 17.2 Å². The molecule has 0 aliphatic heterocycles. The third-order valence-electron chi connectivity index (χ3n) is 2.49. The van der Waals surface area contributed by atoms with Crippen LogP contribution in [-0.4, -0.2) is 17.8 Å². The summed E-state index contributed by atoms with van der Waals surface area (Å²) in [5.74, 6) is -1.51. The van der Waals surface area contributed by atoms with Gasteiger partial charge in [0.05, 0.1) is 4.99 Å². The summed E-state index contributed by atoms with van der Waals surface area (Å²) in [6.45, 7) is 3.00. The van der Waals surface area contributed by atoms with Gasteiger partial charge in [0.25, 0.3) is 0 Å². The van der Waals surface area contributed by atoms with E-state index >= 15 is 0 Å². The van der Waals surface area contributed by atoms with Crippen molar-refractivity contribution in [3.05, 3.63) is 29.3 Å². The maximum atomic E-state index is 12.6. The zero-order valence-electron chi connectivity index (χ0n) is 10.0. The van der Waals surface area contributed by atoms with Crippen molar-refractivity contribution in [2.45, 2.75) is 20.0 Å². The van der Waals surface area contributed by atoms with Crippen LogP contribution in [0.2, 0.25) is 0 Å². The number of thiocarbonyl (C=S) groups is 1. The van der Waals surface area contributed by atoms with E-state index < -0.39 is 23.7 Å². The summed E-state index contributed by atoms with van der Waals surface area (Å²) < 4.78 is 43.0. The van der Waals surface area contributed by atoms with Gasteiger partial charge >= 0.3 is 6.18 Å². The first-order valence-electron chi connectivity index (χ1n) is 5.28. The van der Waals surface area contributed by atoms with E-state index in [9.17, 15) is 13.2 Å². The molecule has 2 N–H and O–H groups in total. The molecule has 0 aromatic heterocycles. The molecule has 1 unspecified atom stereocenters. The Bertz CT molecular complexity index is 445. The van der Waals surface area contributed by atoms with E-state index in [-0.39, 0.29) is 0 Å². The monoisotopic (exact) mass is 277 g/mol. The number of aryl methyl sites for hydroxylation is 2. The van der Waals surface area contributed by atoms with E-state index in [4.69, 9.17) is 10.5 Å². The van der Waals surface area contributed by atoms with Crippen molar-refractivity contribution in [3.8, 4) is 5.75 Å². The Kier molecular flexibility index (Phi) is 4.56. The summed E-state index contributed by atoms with van der Waals surface area (Å²) in [4.78, 5) is -0.604. The molecule has 0 radical (unpaired) electrons. The Morgan fingerprint density at radius 2 is 2.00 bits per heavy atom. The molecule has 0 bridgehead atoms. The van der Waals surface area contributed by atoms with Gasteiger partial charge < -0.3 is 10.5 Å². The van der Waals surface area contributed by atoms with Gasteiger partial charge in [0, 0.05) is 0 Å². The molecule has 0 aliphatic rings. The molecule has 1 rings (SSSR count). The lowest BCUT2D eigenvalue weighted by atomic mass is 10.1. The van der Waals surface area contributed by atoms with Crippen molar-refractivity contribution in [2.24, 2.45) is 11.7 Å². The van der Waals surface area contributed by atoms with Crippen LogP contribution in [0.1, 0.15) is 11.1 Å². The summed E-state index contributed by atoms with van der Waals surface area (Å²) in [6, 6.07) is 5.33. The lowest BCUT2D eigenvalue weighted by molar-refractivity contribution is -0.161. The topological polar surface area (TPSA) is 35.2 Å². The standard InChI is InChI=1S/C12H14F3NOS/c1-7-3-4-8(2)10(5-7)17-6-9(11(16)18)12(13,14)15/h3-5,9H,6H2,1-2H3,(H2,16,18). The third kappa shape index (κ3) is 3.87. The van der Waals surface area contributed by atoms with E-state index in [0.29, 0.717) is 5.75 Å². The fraction of sp³-hybridized carbons (Fsp3) is 0.417. The second kappa shape index (κ2) is 5.56. The molecule has 0 aliphatic carbocycles. The van der Waals surface area contributed by atoms with E-state index in [2.05, 4.69) is 12.2 Å². The molecule has 0 amide bonds. The molecule has 0 heterocycles. The second-order valence-corrected chi connectivity index (χ2v) is 4.55. The Morgan fingerprint density at radius 1 is 1.39 bits per heavy atom. The number of ether oxygens (including phenoxy) is 1. The minimum Gasteiger partial charge on any atom is -0.492 e. The van der Waals surface area contributed by atoms with Crippen LogP contribution in [0.5, 0.6) is 5.75 Å². The zero-order chi connectivity index (χ0) is 13.9. The highest BCUT2D eigenvalue weighted by Crippen LogP contribution is 2.28. The average molecular weight is 277 g/mol. The van der Waals surface area contributed by atoms with E-state index in [1.807, 2.05) is 13.0 Å². The molecule has 6 heteroatoms. The number of benzene rings is 1. The van der Waals surface area contributed by atoms with Crippen LogP contribution < -0.4 is 10.5 Å². The van der Waals surface area contributed by atoms with Gasteiger partial charge in [-0.15, -0.1) is 0 Å². The molecule has 0 spiro atoms. The number of hydrogen-bond acceptors (Lipinski definition) is 2. The molecule has 0 saturated carbocycles. The second-order valence-electron chi connectivity index (χ2n) is 4.08. The maximum absolute atomic E-state index is 12.6.